The molecule has 0 radical (unpaired) electrons. The average molecular weight is 303 g/mol. The largest absolute Gasteiger partial charge is 0.477 e. The number of carboxylic acid groups (broad SMARTS) is 1. The summed E-state index contributed by atoms with van der Waals surface area (Å²) < 4.78 is 1.08. The van der Waals surface area contributed by atoms with Gasteiger partial charge in [-0.05, 0) is 49.9 Å². The summed E-state index contributed by atoms with van der Waals surface area (Å²) in [6.45, 7) is 1.12. The van der Waals surface area contributed by atoms with E-state index in [9.17, 15) is 9.90 Å². The van der Waals surface area contributed by atoms with Crippen LogP contribution in [0.25, 0.3) is 10.1 Å². The minimum Gasteiger partial charge on any atom is -0.477 e. The molecule has 1 aromatic heterocycles. The number of nitrogens with zero attached hydrogens (tertiary/aromatic N) is 1. The Morgan fingerprint density at radius 2 is 2.14 bits per heavy atom. The van der Waals surface area contributed by atoms with Crippen LogP contribution in [-0.4, -0.2) is 35.6 Å². The number of benzene rings is 1. The molecule has 0 unspecified atom stereocenters. The monoisotopic (exact) mass is 303 g/mol. The van der Waals surface area contributed by atoms with Crippen molar-refractivity contribution in [3.05, 3.63) is 34.7 Å². The van der Waals surface area contributed by atoms with Crippen molar-refractivity contribution in [3.63, 3.8) is 0 Å². The Morgan fingerprint density at radius 1 is 1.33 bits per heavy atom. The Labute approximate surface area is 129 Å². The van der Waals surface area contributed by atoms with Gasteiger partial charge in [-0.15, -0.1) is 11.3 Å². The molecule has 1 aliphatic rings. The van der Waals surface area contributed by atoms with Crippen molar-refractivity contribution in [2.75, 3.05) is 13.6 Å². The molecule has 2 aromatic rings. The maximum absolute atomic E-state index is 11.6. The zero-order chi connectivity index (χ0) is 14.8. The van der Waals surface area contributed by atoms with Crippen LogP contribution in [0.3, 0.4) is 0 Å². The molecule has 112 valence electrons. The summed E-state index contributed by atoms with van der Waals surface area (Å²) in [5.41, 5.74) is 1.03. The third kappa shape index (κ3) is 2.97. The predicted molar refractivity (Wildman–Crippen MR) is 87.4 cm³/mol. The second-order valence-electron chi connectivity index (χ2n) is 5.90. The summed E-state index contributed by atoms with van der Waals surface area (Å²) in [5.74, 6) is -0.789. The highest BCUT2D eigenvalue weighted by molar-refractivity contribution is 7.21. The highest BCUT2D eigenvalue weighted by Crippen LogP contribution is 2.33. The number of hydrogen-bond donors (Lipinski definition) is 1. The lowest BCUT2D eigenvalue weighted by Gasteiger charge is -2.25. The topological polar surface area (TPSA) is 40.5 Å². The van der Waals surface area contributed by atoms with Crippen molar-refractivity contribution < 1.29 is 9.90 Å². The Hall–Kier alpha value is -1.39. The quantitative estimate of drug-likeness (QED) is 0.931. The molecule has 0 spiro atoms. The molecule has 3 nitrogen and oxygen atoms in total. The highest BCUT2D eigenvalue weighted by atomic mass is 32.1. The van der Waals surface area contributed by atoms with E-state index in [1.807, 2.05) is 18.2 Å². The zero-order valence-corrected chi connectivity index (χ0v) is 13.2. The first-order chi connectivity index (χ1) is 10.2. The van der Waals surface area contributed by atoms with Gasteiger partial charge >= 0.3 is 5.97 Å². The molecule has 1 aromatic carbocycles. The number of hydrogen-bond acceptors (Lipinski definition) is 3. The van der Waals surface area contributed by atoms with E-state index >= 15 is 0 Å². The molecule has 0 bridgehead atoms. The van der Waals surface area contributed by atoms with E-state index in [1.165, 1.54) is 37.0 Å². The molecule has 21 heavy (non-hydrogen) atoms. The van der Waals surface area contributed by atoms with Crippen molar-refractivity contribution in [2.24, 2.45) is 0 Å². The third-order valence-electron chi connectivity index (χ3n) is 4.50. The molecule has 1 atom stereocenters. The summed E-state index contributed by atoms with van der Waals surface area (Å²) in [4.78, 5) is 14.5. The second-order valence-corrected chi connectivity index (χ2v) is 6.95. The molecule has 1 fully saturated rings. The molecule has 0 amide bonds. The van der Waals surface area contributed by atoms with Crippen molar-refractivity contribution in [3.8, 4) is 0 Å². The molecule has 1 saturated heterocycles. The lowest BCUT2D eigenvalue weighted by molar-refractivity contribution is 0.0700. The van der Waals surface area contributed by atoms with Gasteiger partial charge in [-0.2, -0.15) is 0 Å². The van der Waals surface area contributed by atoms with Crippen LogP contribution >= 0.6 is 11.3 Å². The Bertz CT molecular complexity index is 649. The fourth-order valence-corrected chi connectivity index (χ4v) is 4.36. The van der Waals surface area contributed by atoms with Crippen molar-refractivity contribution >= 4 is 27.4 Å². The van der Waals surface area contributed by atoms with Gasteiger partial charge < -0.3 is 10.0 Å². The van der Waals surface area contributed by atoms with Crippen LogP contribution in [0.1, 0.15) is 40.9 Å². The smallest absolute Gasteiger partial charge is 0.346 e. The average Bonchev–Trinajstić information content (AvgIpc) is 2.72. The number of thiophene rings is 1. The summed E-state index contributed by atoms with van der Waals surface area (Å²) >= 11 is 1.41. The molecule has 1 N–H and O–H groups in total. The molecule has 1 aliphatic heterocycles. The van der Waals surface area contributed by atoms with Crippen LogP contribution in [0, 0.1) is 0 Å². The maximum atomic E-state index is 11.6. The SMILES string of the molecule is CN1CCCCC[C@H]1Cc1c(C(=O)O)sc2ccccc12. The van der Waals surface area contributed by atoms with E-state index < -0.39 is 5.97 Å². The first-order valence-corrected chi connectivity index (χ1v) is 8.42. The number of fused-ring (bicyclic) bond motifs is 1. The summed E-state index contributed by atoms with van der Waals surface area (Å²) in [6, 6.07) is 8.52. The Kier molecular flexibility index (Phi) is 4.27. The van der Waals surface area contributed by atoms with Crippen molar-refractivity contribution in [1.29, 1.82) is 0 Å². The Morgan fingerprint density at radius 3 is 2.95 bits per heavy atom. The van der Waals surface area contributed by atoms with Gasteiger partial charge in [0.05, 0.1) is 0 Å². The first-order valence-electron chi connectivity index (χ1n) is 7.61. The van der Waals surface area contributed by atoms with Gasteiger partial charge in [-0.25, -0.2) is 4.79 Å². The van der Waals surface area contributed by atoms with Crippen LogP contribution < -0.4 is 0 Å². The fraction of sp³-hybridized carbons (Fsp3) is 0.471. The lowest BCUT2D eigenvalue weighted by Crippen LogP contribution is -2.33. The number of aromatic carboxylic acids is 1. The van der Waals surface area contributed by atoms with Gasteiger partial charge in [0.25, 0.3) is 0 Å². The number of likely N-dealkylation sites (N-methyl/N-ethyl adjacent to an activating group) is 1. The lowest BCUT2D eigenvalue weighted by atomic mass is 9.98. The van der Waals surface area contributed by atoms with Gasteiger partial charge in [0.2, 0.25) is 0 Å². The van der Waals surface area contributed by atoms with Crippen LogP contribution in [0.15, 0.2) is 24.3 Å². The summed E-state index contributed by atoms with van der Waals surface area (Å²) in [5, 5.41) is 10.6. The molecule has 0 saturated carbocycles. The van der Waals surface area contributed by atoms with Gasteiger partial charge in [0.15, 0.2) is 0 Å². The summed E-state index contributed by atoms with van der Waals surface area (Å²) in [6.07, 6.45) is 5.81. The molecule has 3 rings (SSSR count). The van der Waals surface area contributed by atoms with E-state index in [1.54, 1.807) is 0 Å². The van der Waals surface area contributed by atoms with Crippen LogP contribution in [0.4, 0.5) is 0 Å². The van der Waals surface area contributed by atoms with Gasteiger partial charge in [-0.1, -0.05) is 31.0 Å². The number of likely N-dealkylation sites (tertiary alicyclic amines) is 1. The third-order valence-corrected chi connectivity index (χ3v) is 5.70. The standard InChI is InChI=1S/C17H21NO2S/c1-18-10-6-2-3-7-12(18)11-14-13-8-4-5-9-15(13)21-16(14)17(19)20/h4-5,8-9,12H,2-3,6-7,10-11H2,1H3,(H,19,20)/t12-/m0/s1. The minimum absolute atomic E-state index is 0.462. The molecule has 4 heteroatoms. The molecular weight excluding hydrogens is 282 g/mol. The van der Waals surface area contributed by atoms with Crippen LogP contribution in [0.2, 0.25) is 0 Å². The number of carboxylic acids is 1. The van der Waals surface area contributed by atoms with E-state index in [0.717, 1.165) is 28.6 Å². The van der Waals surface area contributed by atoms with Gasteiger partial charge in [0.1, 0.15) is 4.88 Å². The van der Waals surface area contributed by atoms with E-state index in [2.05, 4.69) is 18.0 Å². The number of rotatable bonds is 3. The van der Waals surface area contributed by atoms with Gasteiger partial charge in [-0.3, -0.25) is 0 Å². The fourth-order valence-electron chi connectivity index (χ4n) is 3.29. The normalized spacial score (nSPS) is 20.5. The number of carbonyl (C=O) groups is 1. The van der Waals surface area contributed by atoms with E-state index in [-0.39, 0.29) is 0 Å². The van der Waals surface area contributed by atoms with E-state index in [4.69, 9.17) is 0 Å². The first kappa shape index (κ1) is 14.5. The molecule has 2 heterocycles. The van der Waals surface area contributed by atoms with Gasteiger partial charge in [0, 0.05) is 10.7 Å². The zero-order valence-electron chi connectivity index (χ0n) is 12.3. The summed E-state index contributed by atoms with van der Waals surface area (Å²) in [7, 11) is 2.17. The molecule has 0 aliphatic carbocycles. The van der Waals surface area contributed by atoms with Crippen LogP contribution in [0.5, 0.6) is 0 Å². The Balaban J connectivity index is 1.98. The van der Waals surface area contributed by atoms with Crippen molar-refractivity contribution in [2.45, 2.75) is 38.1 Å². The maximum Gasteiger partial charge on any atom is 0.346 e. The van der Waals surface area contributed by atoms with Crippen molar-refractivity contribution in [1.82, 2.24) is 4.90 Å². The van der Waals surface area contributed by atoms with Crippen LogP contribution in [-0.2, 0) is 6.42 Å². The molecular formula is C17H21NO2S. The predicted octanol–water partition coefficient (Wildman–Crippen LogP) is 4.02. The van der Waals surface area contributed by atoms with E-state index in [0.29, 0.717) is 10.9 Å². The second kappa shape index (κ2) is 6.16. The highest BCUT2D eigenvalue weighted by Gasteiger charge is 2.24. The minimum atomic E-state index is -0.789.